The van der Waals surface area contributed by atoms with E-state index in [-0.39, 0.29) is 36.8 Å². The zero-order chi connectivity index (χ0) is 27.1. The number of nitrogens with zero attached hydrogens (tertiary/aromatic N) is 1. The van der Waals surface area contributed by atoms with Gasteiger partial charge in [-0.05, 0) is 55.4 Å². The first kappa shape index (κ1) is 27.1. The Bertz CT molecular complexity index is 1140. The Labute approximate surface area is 222 Å². The highest BCUT2D eigenvalue weighted by Crippen LogP contribution is 2.20. The third-order valence-corrected chi connectivity index (χ3v) is 7.07. The van der Waals surface area contributed by atoms with Gasteiger partial charge in [0.25, 0.3) is 0 Å². The number of carbonyl (C=O) groups is 4. The molecule has 202 valence electrons. The van der Waals surface area contributed by atoms with Crippen LogP contribution in [-0.2, 0) is 32.0 Å². The molecule has 6 N–H and O–H groups in total. The van der Waals surface area contributed by atoms with Gasteiger partial charge in [-0.3, -0.25) is 19.2 Å². The second kappa shape index (κ2) is 12.6. The molecule has 2 aromatic carbocycles. The molecule has 2 fully saturated rings. The van der Waals surface area contributed by atoms with Crippen LogP contribution in [-0.4, -0.2) is 70.9 Å². The number of nitrogens with two attached hydrogens (primary N) is 1. The number of phenols is 1. The van der Waals surface area contributed by atoms with E-state index in [9.17, 15) is 24.3 Å². The Hall–Kier alpha value is -3.92. The van der Waals surface area contributed by atoms with Crippen molar-refractivity contribution in [2.45, 2.75) is 62.7 Å². The Morgan fingerprint density at radius 1 is 1.00 bits per heavy atom. The number of hydrogen-bond acceptors (Lipinski definition) is 6. The summed E-state index contributed by atoms with van der Waals surface area (Å²) in [4.78, 5) is 54.4. The molecule has 0 saturated carbocycles. The molecule has 1 unspecified atom stereocenters. The molecule has 10 nitrogen and oxygen atoms in total. The lowest BCUT2D eigenvalue weighted by Gasteiger charge is -2.31. The fourth-order valence-electron chi connectivity index (χ4n) is 4.99. The molecule has 4 rings (SSSR count). The molecule has 0 aliphatic carbocycles. The highest BCUT2D eigenvalue weighted by Gasteiger charge is 2.38. The number of benzene rings is 2. The van der Waals surface area contributed by atoms with Crippen molar-refractivity contribution >= 4 is 23.6 Å². The molecule has 4 atom stereocenters. The fraction of sp³-hybridized carbons (Fsp3) is 0.429. The van der Waals surface area contributed by atoms with Crippen molar-refractivity contribution in [3.8, 4) is 5.75 Å². The maximum absolute atomic E-state index is 13.6. The number of rotatable bonds is 6. The predicted octanol–water partition coefficient (Wildman–Crippen LogP) is 0.375. The Morgan fingerprint density at radius 2 is 1.74 bits per heavy atom. The molecule has 2 heterocycles. The second-order valence-corrected chi connectivity index (χ2v) is 9.91. The van der Waals surface area contributed by atoms with Crippen molar-refractivity contribution in [3.05, 3.63) is 65.7 Å². The monoisotopic (exact) mass is 521 g/mol. The van der Waals surface area contributed by atoms with Crippen LogP contribution < -0.4 is 21.7 Å². The highest BCUT2D eigenvalue weighted by molar-refractivity contribution is 5.95. The topological polar surface area (TPSA) is 154 Å². The minimum Gasteiger partial charge on any atom is -0.508 e. The van der Waals surface area contributed by atoms with Crippen LogP contribution >= 0.6 is 0 Å². The molecule has 0 radical (unpaired) electrons. The number of phenolic OH excluding ortho intramolecular Hbond substituents is 1. The number of hydrogen-bond donors (Lipinski definition) is 5. The standard InChI is InChI=1S/C28H35N5O5/c29-21(16-19-10-12-20(34)13-11-19)25(35)31-22-8-4-14-30-27(37)24-9-5-15-33(24)28(38)23(32-26(22)36)17-18-6-2-1-3-7-18/h1-3,6-7,10-13,21-24,34H,4-5,8-9,14-17,29H2,(H,30,37)(H,31,35)(H,32,36)/t21-,22?,23-,24+/m0/s1. The van der Waals surface area contributed by atoms with E-state index in [0.717, 1.165) is 11.1 Å². The molecular weight excluding hydrogens is 486 g/mol. The van der Waals surface area contributed by atoms with Gasteiger partial charge in [0.05, 0.1) is 6.04 Å². The van der Waals surface area contributed by atoms with E-state index in [1.165, 1.54) is 12.1 Å². The van der Waals surface area contributed by atoms with Crippen LogP contribution in [0.2, 0.25) is 0 Å². The van der Waals surface area contributed by atoms with Gasteiger partial charge >= 0.3 is 0 Å². The smallest absolute Gasteiger partial charge is 0.246 e. The van der Waals surface area contributed by atoms with Crippen molar-refractivity contribution < 1.29 is 24.3 Å². The first-order chi connectivity index (χ1) is 18.3. The van der Waals surface area contributed by atoms with Crippen LogP contribution in [0.25, 0.3) is 0 Å². The molecule has 0 spiro atoms. The van der Waals surface area contributed by atoms with E-state index >= 15 is 0 Å². The normalized spacial score (nSPS) is 23.3. The lowest BCUT2D eigenvalue weighted by molar-refractivity contribution is -0.142. The summed E-state index contributed by atoms with van der Waals surface area (Å²) in [5, 5.41) is 18.0. The predicted molar refractivity (Wildman–Crippen MR) is 141 cm³/mol. The number of amides is 4. The Kier molecular flexibility index (Phi) is 8.96. The van der Waals surface area contributed by atoms with Gasteiger partial charge in [0, 0.05) is 19.5 Å². The van der Waals surface area contributed by atoms with Gasteiger partial charge in [-0.25, -0.2) is 0 Å². The van der Waals surface area contributed by atoms with Gasteiger partial charge in [0.1, 0.15) is 23.9 Å². The second-order valence-electron chi connectivity index (χ2n) is 9.91. The number of carbonyl (C=O) groups excluding carboxylic acids is 4. The quantitative estimate of drug-likeness (QED) is 0.370. The summed E-state index contributed by atoms with van der Waals surface area (Å²) in [7, 11) is 0. The van der Waals surface area contributed by atoms with Gasteiger partial charge < -0.3 is 31.7 Å². The Balaban J connectivity index is 1.51. The van der Waals surface area contributed by atoms with Gasteiger partial charge in [-0.1, -0.05) is 42.5 Å². The lowest BCUT2D eigenvalue weighted by Crippen LogP contribution is -2.59. The highest BCUT2D eigenvalue weighted by atomic mass is 16.3. The SMILES string of the molecule is N[C@@H](Cc1ccc(O)cc1)C(=O)NC1CCCNC(=O)[C@H]2CCCN2C(=O)[C@H](Cc2ccccc2)NC1=O. The molecule has 2 saturated heterocycles. The van der Waals surface area contributed by atoms with E-state index in [1.807, 2.05) is 30.3 Å². The third-order valence-electron chi connectivity index (χ3n) is 7.07. The molecule has 4 amide bonds. The summed E-state index contributed by atoms with van der Waals surface area (Å²) in [6, 6.07) is 12.5. The summed E-state index contributed by atoms with van der Waals surface area (Å²) in [5.41, 5.74) is 7.76. The van der Waals surface area contributed by atoms with E-state index in [0.29, 0.717) is 32.4 Å². The molecule has 38 heavy (non-hydrogen) atoms. The molecule has 2 aromatic rings. The van der Waals surface area contributed by atoms with E-state index in [2.05, 4.69) is 16.0 Å². The summed E-state index contributed by atoms with van der Waals surface area (Å²) in [6.07, 6.45) is 2.51. The first-order valence-electron chi connectivity index (χ1n) is 13.1. The summed E-state index contributed by atoms with van der Waals surface area (Å²) < 4.78 is 0. The summed E-state index contributed by atoms with van der Waals surface area (Å²) >= 11 is 0. The molecular formula is C28H35N5O5. The first-order valence-corrected chi connectivity index (χ1v) is 13.1. The van der Waals surface area contributed by atoms with Gasteiger partial charge in [0.2, 0.25) is 23.6 Å². The number of nitrogens with one attached hydrogen (secondary N) is 3. The zero-order valence-electron chi connectivity index (χ0n) is 21.3. The minimum absolute atomic E-state index is 0.114. The minimum atomic E-state index is -0.926. The maximum atomic E-state index is 13.6. The largest absolute Gasteiger partial charge is 0.508 e. The third kappa shape index (κ3) is 6.89. The summed E-state index contributed by atoms with van der Waals surface area (Å²) in [6.45, 7) is 0.772. The van der Waals surface area contributed by atoms with Crippen molar-refractivity contribution in [3.63, 3.8) is 0 Å². The van der Waals surface area contributed by atoms with Crippen LogP contribution in [0.1, 0.15) is 36.8 Å². The molecule has 10 heteroatoms. The van der Waals surface area contributed by atoms with Crippen LogP contribution in [0.5, 0.6) is 5.75 Å². The van der Waals surface area contributed by atoms with E-state index in [1.54, 1.807) is 17.0 Å². The zero-order valence-corrected chi connectivity index (χ0v) is 21.3. The maximum Gasteiger partial charge on any atom is 0.246 e. The summed E-state index contributed by atoms with van der Waals surface area (Å²) in [5.74, 6) is -1.36. The number of aromatic hydroxyl groups is 1. The fourth-order valence-corrected chi connectivity index (χ4v) is 4.99. The van der Waals surface area contributed by atoms with Crippen LogP contribution in [0.3, 0.4) is 0 Å². The molecule has 2 aliphatic heterocycles. The Morgan fingerprint density at radius 3 is 2.47 bits per heavy atom. The van der Waals surface area contributed by atoms with Gasteiger partial charge in [-0.2, -0.15) is 0 Å². The van der Waals surface area contributed by atoms with Crippen molar-refractivity contribution in [1.29, 1.82) is 0 Å². The molecule has 2 aliphatic rings. The average molecular weight is 522 g/mol. The van der Waals surface area contributed by atoms with Crippen LogP contribution in [0, 0.1) is 0 Å². The lowest BCUT2D eigenvalue weighted by atomic mass is 10.0. The average Bonchev–Trinajstić information content (AvgIpc) is 3.41. The van der Waals surface area contributed by atoms with Gasteiger partial charge in [-0.15, -0.1) is 0 Å². The van der Waals surface area contributed by atoms with Gasteiger partial charge in [0.15, 0.2) is 0 Å². The van der Waals surface area contributed by atoms with Crippen molar-refractivity contribution in [2.75, 3.05) is 13.1 Å². The van der Waals surface area contributed by atoms with E-state index < -0.39 is 36.0 Å². The molecule has 0 bridgehead atoms. The van der Waals surface area contributed by atoms with Crippen molar-refractivity contribution in [2.24, 2.45) is 5.73 Å². The van der Waals surface area contributed by atoms with Crippen molar-refractivity contribution in [1.82, 2.24) is 20.9 Å². The van der Waals surface area contributed by atoms with E-state index in [4.69, 9.17) is 5.73 Å². The number of fused-ring (bicyclic) bond motifs is 1. The van der Waals surface area contributed by atoms with Crippen LogP contribution in [0.15, 0.2) is 54.6 Å². The van der Waals surface area contributed by atoms with Crippen LogP contribution in [0.4, 0.5) is 0 Å². The molecule has 0 aromatic heterocycles.